The smallest absolute Gasteiger partial charge is 0.424 e. The van der Waals surface area contributed by atoms with Crippen LogP contribution in [-0.2, 0) is 9.31 Å². The molecule has 0 spiro atoms. The highest BCUT2D eigenvalue weighted by Crippen LogP contribution is 2.36. The second-order valence-electron chi connectivity index (χ2n) is 6.29. The standard InChI is InChI=1S/C16H19BN2O3/c1-15(2)16(3,4)22-17(21-15)12-6-8-13(9-7-12)20-14-18-10-5-11-19-14/h5-11H,1-4H3. The van der Waals surface area contributed by atoms with Gasteiger partial charge in [0.05, 0.1) is 11.2 Å². The molecule has 2 heterocycles. The van der Waals surface area contributed by atoms with Crippen molar-refractivity contribution in [3.63, 3.8) is 0 Å². The highest BCUT2D eigenvalue weighted by Gasteiger charge is 2.51. The van der Waals surface area contributed by atoms with Gasteiger partial charge in [-0.1, -0.05) is 12.1 Å². The molecular weight excluding hydrogens is 279 g/mol. The lowest BCUT2D eigenvalue weighted by Gasteiger charge is -2.32. The summed E-state index contributed by atoms with van der Waals surface area (Å²) >= 11 is 0. The summed E-state index contributed by atoms with van der Waals surface area (Å²) in [5, 5.41) is 0. The molecule has 0 atom stereocenters. The summed E-state index contributed by atoms with van der Waals surface area (Å²) in [5.74, 6) is 0.673. The second kappa shape index (κ2) is 5.37. The third-order valence-corrected chi connectivity index (χ3v) is 4.16. The molecule has 6 heteroatoms. The van der Waals surface area contributed by atoms with Gasteiger partial charge in [-0.3, -0.25) is 0 Å². The summed E-state index contributed by atoms with van der Waals surface area (Å²) < 4.78 is 17.6. The van der Waals surface area contributed by atoms with Crippen molar-refractivity contribution in [3.8, 4) is 11.8 Å². The van der Waals surface area contributed by atoms with E-state index in [1.807, 2.05) is 52.0 Å². The quantitative estimate of drug-likeness (QED) is 0.815. The molecule has 3 rings (SSSR count). The Morgan fingerprint density at radius 1 is 0.909 bits per heavy atom. The van der Waals surface area contributed by atoms with Crippen molar-refractivity contribution in [1.82, 2.24) is 9.97 Å². The minimum Gasteiger partial charge on any atom is -0.424 e. The van der Waals surface area contributed by atoms with Crippen LogP contribution in [0.3, 0.4) is 0 Å². The first-order valence-electron chi connectivity index (χ1n) is 7.28. The van der Waals surface area contributed by atoms with E-state index in [1.54, 1.807) is 18.5 Å². The molecule has 0 aliphatic carbocycles. The first kappa shape index (κ1) is 15.0. The Morgan fingerprint density at radius 3 is 2.00 bits per heavy atom. The Balaban J connectivity index is 1.73. The molecular formula is C16H19BN2O3. The number of rotatable bonds is 3. The van der Waals surface area contributed by atoms with Gasteiger partial charge < -0.3 is 14.0 Å². The molecule has 0 radical (unpaired) electrons. The summed E-state index contributed by atoms with van der Waals surface area (Å²) in [6, 6.07) is 9.65. The predicted molar refractivity (Wildman–Crippen MR) is 84.3 cm³/mol. The van der Waals surface area contributed by atoms with Crippen molar-refractivity contribution in [3.05, 3.63) is 42.7 Å². The van der Waals surface area contributed by atoms with Gasteiger partial charge in [0.2, 0.25) is 0 Å². The van der Waals surface area contributed by atoms with Crippen molar-refractivity contribution in [2.75, 3.05) is 0 Å². The van der Waals surface area contributed by atoms with E-state index in [-0.39, 0.29) is 18.3 Å². The van der Waals surface area contributed by atoms with E-state index in [0.717, 1.165) is 5.46 Å². The first-order chi connectivity index (χ1) is 10.4. The molecule has 1 saturated heterocycles. The van der Waals surface area contributed by atoms with Gasteiger partial charge in [0.15, 0.2) is 0 Å². The van der Waals surface area contributed by atoms with E-state index in [0.29, 0.717) is 11.8 Å². The number of benzene rings is 1. The van der Waals surface area contributed by atoms with Gasteiger partial charge in [-0.05, 0) is 51.4 Å². The van der Waals surface area contributed by atoms with Crippen molar-refractivity contribution in [2.24, 2.45) is 0 Å². The van der Waals surface area contributed by atoms with E-state index in [2.05, 4.69) is 9.97 Å². The van der Waals surface area contributed by atoms with Crippen LogP contribution in [0.25, 0.3) is 0 Å². The Hall–Kier alpha value is -1.92. The van der Waals surface area contributed by atoms with Gasteiger partial charge in [0, 0.05) is 12.4 Å². The van der Waals surface area contributed by atoms with Gasteiger partial charge in [0.25, 0.3) is 0 Å². The minimum absolute atomic E-state index is 0.325. The number of ether oxygens (including phenoxy) is 1. The molecule has 1 aliphatic rings. The van der Waals surface area contributed by atoms with Gasteiger partial charge in [-0.2, -0.15) is 0 Å². The molecule has 0 amide bonds. The molecule has 1 aromatic heterocycles. The van der Waals surface area contributed by atoms with Crippen LogP contribution in [0.5, 0.6) is 11.8 Å². The monoisotopic (exact) mass is 298 g/mol. The molecule has 0 saturated carbocycles. The SMILES string of the molecule is CC1(C)OB(c2ccc(Oc3ncccn3)cc2)OC1(C)C. The summed E-state index contributed by atoms with van der Waals surface area (Å²) in [4.78, 5) is 8.06. The zero-order chi connectivity index (χ0) is 15.8. The number of aromatic nitrogens is 2. The van der Waals surface area contributed by atoms with Gasteiger partial charge in [-0.15, -0.1) is 0 Å². The van der Waals surface area contributed by atoms with Crippen LogP contribution in [0.4, 0.5) is 0 Å². The zero-order valence-electron chi connectivity index (χ0n) is 13.2. The molecule has 1 aromatic carbocycles. The van der Waals surface area contributed by atoms with Crippen LogP contribution in [0, 0.1) is 0 Å². The summed E-state index contributed by atoms with van der Waals surface area (Å²) in [6.07, 6.45) is 3.28. The normalized spacial score (nSPS) is 19.2. The Kier molecular flexibility index (Phi) is 3.66. The second-order valence-corrected chi connectivity index (χ2v) is 6.29. The third kappa shape index (κ3) is 2.84. The van der Waals surface area contributed by atoms with Crippen LogP contribution in [-0.4, -0.2) is 28.3 Å². The highest BCUT2D eigenvalue weighted by molar-refractivity contribution is 6.62. The molecule has 2 aromatic rings. The summed E-state index contributed by atoms with van der Waals surface area (Å²) in [6.45, 7) is 8.16. The molecule has 114 valence electrons. The predicted octanol–water partition coefficient (Wildman–Crippen LogP) is 2.57. The number of hydrogen-bond acceptors (Lipinski definition) is 5. The Bertz CT molecular complexity index is 628. The average Bonchev–Trinajstić information content (AvgIpc) is 2.69. The lowest BCUT2D eigenvalue weighted by atomic mass is 9.79. The molecule has 5 nitrogen and oxygen atoms in total. The van der Waals surface area contributed by atoms with E-state index in [4.69, 9.17) is 14.0 Å². The van der Waals surface area contributed by atoms with E-state index >= 15 is 0 Å². The van der Waals surface area contributed by atoms with Crippen LogP contribution in [0.1, 0.15) is 27.7 Å². The van der Waals surface area contributed by atoms with Crippen LogP contribution >= 0.6 is 0 Å². The average molecular weight is 298 g/mol. The van der Waals surface area contributed by atoms with Crippen molar-refractivity contribution in [2.45, 2.75) is 38.9 Å². The van der Waals surface area contributed by atoms with Crippen molar-refractivity contribution < 1.29 is 14.0 Å². The maximum Gasteiger partial charge on any atom is 0.494 e. The largest absolute Gasteiger partial charge is 0.494 e. The first-order valence-corrected chi connectivity index (χ1v) is 7.28. The fourth-order valence-corrected chi connectivity index (χ4v) is 2.12. The lowest BCUT2D eigenvalue weighted by molar-refractivity contribution is 0.00578. The molecule has 1 aliphatic heterocycles. The molecule has 0 unspecified atom stereocenters. The number of nitrogens with zero attached hydrogens (tertiary/aromatic N) is 2. The van der Waals surface area contributed by atoms with Gasteiger partial charge in [0.1, 0.15) is 5.75 Å². The van der Waals surface area contributed by atoms with Crippen LogP contribution in [0.2, 0.25) is 0 Å². The van der Waals surface area contributed by atoms with Crippen molar-refractivity contribution in [1.29, 1.82) is 0 Å². The minimum atomic E-state index is -0.368. The van der Waals surface area contributed by atoms with Gasteiger partial charge in [-0.25, -0.2) is 9.97 Å². The Labute approximate surface area is 130 Å². The van der Waals surface area contributed by atoms with E-state index in [1.165, 1.54) is 0 Å². The van der Waals surface area contributed by atoms with Gasteiger partial charge >= 0.3 is 13.1 Å². The van der Waals surface area contributed by atoms with E-state index in [9.17, 15) is 0 Å². The van der Waals surface area contributed by atoms with Crippen molar-refractivity contribution >= 4 is 12.6 Å². The number of hydrogen-bond donors (Lipinski definition) is 0. The zero-order valence-corrected chi connectivity index (χ0v) is 13.2. The topological polar surface area (TPSA) is 53.5 Å². The molecule has 22 heavy (non-hydrogen) atoms. The van der Waals surface area contributed by atoms with Crippen LogP contribution < -0.4 is 10.2 Å². The molecule has 1 fully saturated rings. The molecule has 0 bridgehead atoms. The fourth-order valence-electron chi connectivity index (χ4n) is 2.12. The summed E-state index contributed by atoms with van der Waals surface area (Å²) in [7, 11) is -0.368. The van der Waals surface area contributed by atoms with Crippen LogP contribution in [0.15, 0.2) is 42.7 Å². The highest BCUT2D eigenvalue weighted by atomic mass is 16.7. The third-order valence-electron chi connectivity index (χ3n) is 4.16. The fraction of sp³-hybridized carbons (Fsp3) is 0.375. The van der Waals surface area contributed by atoms with E-state index < -0.39 is 0 Å². The maximum absolute atomic E-state index is 6.02. The molecule has 0 N–H and O–H groups in total. The Morgan fingerprint density at radius 2 is 1.45 bits per heavy atom. The lowest BCUT2D eigenvalue weighted by Crippen LogP contribution is -2.41. The summed E-state index contributed by atoms with van der Waals surface area (Å²) in [5.41, 5.74) is 0.273. The maximum atomic E-state index is 6.02.